The van der Waals surface area contributed by atoms with Crippen LogP contribution in [0.2, 0.25) is 0 Å². The molecule has 1 heterocycles. The van der Waals surface area contributed by atoms with Crippen LogP contribution in [0.15, 0.2) is 72.6 Å². The molecule has 0 atom stereocenters. The van der Waals surface area contributed by atoms with Crippen LogP contribution in [0, 0.1) is 0 Å². The molecule has 8 heteroatoms. The average Bonchev–Trinajstić information content (AvgIpc) is 2.73. The zero-order valence-corrected chi connectivity index (χ0v) is 19.5. The lowest BCUT2D eigenvalue weighted by molar-refractivity contribution is 0.719. The normalized spacial score (nSPS) is 11.0. The number of aromatic nitrogens is 3. The quantitative estimate of drug-likeness (QED) is 0.375. The molecule has 0 spiro atoms. The molecule has 0 saturated heterocycles. The Morgan fingerprint density at radius 3 is 1.63 bits per heavy atom. The maximum absolute atomic E-state index is 4.56. The van der Waals surface area contributed by atoms with Crippen molar-refractivity contribution >= 4 is 58.8 Å². The zero-order valence-electron chi connectivity index (χ0n) is 15.4. The minimum atomic E-state index is 0.741. The molecule has 0 fully saturated rings. The molecule has 0 aliphatic heterocycles. The Morgan fingerprint density at radius 1 is 0.630 bits per heavy atom. The van der Waals surface area contributed by atoms with Crippen molar-refractivity contribution in [2.24, 2.45) is 0 Å². The summed E-state index contributed by atoms with van der Waals surface area (Å²) in [7, 11) is 0. The predicted molar refractivity (Wildman–Crippen MR) is 123 cm³/mol. The lowest BCUT2D eigenvalue weighted by atomic mass is 10.1. The third kappa shape index (κ3) is 5.17. The van der Waals surface area contributed by atoms with Crippen LogP contribution in [0.5, 0.6) is 0 Å². The van der Waals surface area contributed by atoms with E-state index < -0.39 is 0 Å². The molecule has 0 amide bonds. The topological polar surface area (TPSA) is 38.7 Å². The summed E-state index contributed by atoms with van der Waals surface area (Å²) < 4.78 is 0. The van der Waals surface area contributed by atoms with Gasteiger partial charge in [-0.25, -0.2) is 0 Å². The molecular weight excluding hydrogens is 431 g/mol. The summed E-state index contributed by atoms with van der Waals surface area (Å²) in [5.74, 6) is 0. The number of hydrogen-bond acceptors (Lipinski definition) is 8. The molecular formula is C19H19N3S5. The van der Waals surface area contributed by atoms with Crippen molar-refractivity contribution in [2.75, 3.05) is 25.0 Å². The highest BCUT2D eigenvalue weighted by Crippen LogP contribution is 2.42. The van der Waals surface area contributed by atoms with E-state index in [2.05, 4.69) is 69.9 Å². The Labute approximate surface area is 181 Å². The van der Waals surface area contributed by atoms with E-state index in [9.17, 15) is 0 Å². The van der Waals surface area contributed by atoms with Gasteiger partial charge < -0.3 is 0 Å². The van der Waals surface area contributed by atoms with Gasteiger partial charge in [0.25, 0.3) is 0 Å². The van der Waals surface area contributed by atoms with Gasteiger partial charge in [0, 0.05) is 20.2 Å². The van der Waals surface area contributed by atoms with Gasteiger partial charge in [-0.05, 0) is 54.5 Å². The van der Waals surface area contributed by atoms with Gasteiger partial charge in [-0.15, -0.1) is 23.5 Å². The fourth-order valence-electron chi connectivity index (χ4n) is 2.49. The Balaban J connectivity index is 2.03. The summed E-state index contributed by atoms with van der Waals surface area (Å²) in [6, 6.07) is 15.0. The molecule has 0 saturated carbocycles. The zero-order chi connectivity index (χ0) is 19.2. The Morgan fingerprint density at radius 2 is 1.15 bits per heavy atom. The molecule has 140 valence electrons. The van der Waals surface area contributed by atoms with Crippen molar-refractivity contribution in [3.05, 3.63) is 42.5 Å². The SMILES string of the molecule is CSc1nc(SC)nc(Sc2cc(SC)c(-c3ccccc3)c(SC)c2)n1. The van der Waals surface area contributed by atoms with Gasteiger partial charge in [0.15, 0.2) is 15.5 Å². The first-order valence-corrected chi connectivity index (χ1v) is 13.7. The third-order valence-electron chi connectivity index (χ3n) is 3.69. The van der Waals surface area contributed by atoms with Crippen LogP contribution in [0.4, 0.5) is 0 Å². The summed E-state index contributed by atoms with van der Waals surface area (Å²) in [6.07, 6.45) is 8.22. The van der Waals surface area contributed by atoms with E-state index in [1.165, 1.54) is 20.9 Å². The van der Waals surface area contributed by atoms with Crippen molar-refractivity contribution in [1.29, 1.82) is 0 Å². The smallest absolute Gasteiger partial charge is 0.196 e. The van der Waals surface area contributed by atoms with Crippen molar-refractivity contribution in [1.82, 2.24) is 15.0 Å². The summed E-state index contributed by atoms with van der Waals surface area (Å²) in [4.78, 5) is 17.2. The fraction of sp³-hybridized carbons (Fsp3) is 0.211. The maximum Gasteiger partial charge on any atom is 0.197 e. The molecule has 0 unspecified atom stereocenters. The molecule has 0 bridgehead atoms. The van der Waals surface area contributed by atoms with Crippen LogP contribution < -0.4 is 0 Å². The minimum absolute atomic E-state index is 0.741. The first kappa shape index (κ1) is 20.9. The van der Waals surface area contributed by atoms with Gasteiger partial charge >= 0.3 is 0 Å². The first-order chi connectivity index (χ1) is 13.2. The second kappa shape index (κ2) is 10.1. The molecule has 0 aliphatic rings. The lowest BCUT2D eigenvalue weighted by Crippen LogP contribution is -1.96. The van der Waals surface area contributed by atoms with E-state index in [-0.39, 0.29) is 0 Å². The summed E-state index contributed by atoms with van der Waals surface area (Å²) in [6.45, 7) is 0. The van der Waals surface area contributed by atoms with Crippen LogP contribution in [-0.2, 0) is 0 Å². The van der Waals surface area contributed by atoms with E-state index in [0.29, 0.717) is 0 Å². The van der Waals surface area contributed by atoms with Gasteiger partial charge in [-0.1, -0.05) is 53.9 Å². The van der Waals surface area contributed by atoms with Gasteiger partial charge in [0.05, 0.1) is 0 Å². The molecule has 27 heavy (non-hydrogen) atoms. The lowest BCUT2D eigenvalue weighted by Gasteiger charge is -2.15. The summed E-state index contributed by atoms with van der Waals surface area (Å²) in [5.41, 5.74) is 2.54. The van der Waals surface area contributed by atoms with Crippen LogP contribution in [0.3, 0.4) is 0 Å². The van der Waals surface area contributed by atoms with Gasteiger partial charge in [0.1, 0.15) is 0 Å². The van der Waals surface area contributed by atoms with Crippen LogP contribution in [-0.4, -0.2) is 40.0 Å². The molecule has 2 aromatic carbocycles. The maximum atomic E-state index is 4.56. The number of rotatable bonds is 7. The van der Waals surface area contributed by atoms with E-state index >= 15 is 0 Å². The number of thioether (sulfide) groups is 4. The Bertz CT molecular complexity index is 871. The van der Waals surface area contributed by atoms with E-state index in [1.54, 1.807) is 58.8 Å². The standard InChI is InChI=1S/C19H19N3S5/c1-23-14-10-13(27-19-21-17(25-3)20-18(22-19)26-4)11-15(24-2)16(14)12-8-6-5-7-9-12/h5-11H,1-4H3. The second-order valence-corrected chi connectivity index (χ2v) is 9.55. The Kier molecular flexibility index (Phi) is 7.84. The van der Waals surface area contributed by atoms with E-state index in [0.717, 1.165) is 20.4 Å². The van der Waals surface area contributed by atoms with E-state index in [1.807, 2.05) is 12.5 Å². The van der Waals surface area contributed by atoms with Gasteiger partial charge in [-0.2, -0.15) is 15.0 Å². The Hall–Kier alpha value is -0.800. The fourth-order valence-corrected chi connectivity index (χ4v) is 5.77. The number of hydrogen-bond donors (Lipinski definition) is 0. The first-order valence-electron chi connectivity index (χ1n) is 8.01. The molecule has 1 aromatic heterocycles. The van der Waals surface area contributed by atoms with Crippen molar-refractivity contribution in [3.63, 3.8) is 0 Å². The molecule has 3 aromatic rings. The number of nitrogens with zero attached hydrogens (tertiary/aromatic N) is 3. The predicted octanol–water partition coefficient (Wildman–Crippen LogP) is 6.58. The van der Waals surface area contributed by atoms with Crippen molar-refractivity contribution in [2.45, 2.75) is 30.2 Å². The van der Waals surface area contributed by atoms with Crippen molar-refractivity contribution in [3.8, 4) is 11.1 Å². The van der Waals surface area contributed by atoms with Gasteiger partial charge in [0.2, 0.25) is 0 Å². The van der Waals surface area contributed by atoms with E-state index in [4.69, 9.17) is 0 Å². The molecule has 0 radical (unpaired) electrons. The summed E-state index contributed by atoms with van der Waals surface area (Å²) >= 11 is 8.22. The van der Waals surface area contributed by atoms with Crippen LogP contribution >= 0.6 is 58.8 Å². The number of benzene rings is 2. The van der Waals surface area contributed by atoms with Gasteiger partial charge in [-0.3, -0.25) is 0 Å². The van der Waals surface area contributed by atoms with Crippen LogP contribution in [0.1, 0.15) is 0 Å². The highest BCUT2D eigenvalue weighted by Gasteiger charge is 2.14. The third-order valence-corrected chi connectivity index (χ3v) is 7.15. The second-order valence-electron chi connectivity index (χ2n) is 5.26. The molecule has 3 nitrogen and oxygen atoms in total. The van der Waals surface area contributed by atoms with Crippen LogP contribution in [0.25, 0.3) is 11.1 Å². The largest absolute Gasteiger partial charge is 0.197 e. The summed E-state index contributed by atoms with van der Waals surface area (Å²) in [5, 5.41) is 2.26. The molecule has 0 N–H and O–H groups in total. The molecule has 0 aliphatic carbocycles. The molecule has 3 rings (SSSR count). The monoisotopic (exact) mass is 449 g/mol. The highest BCUT2D eigenvalue weighted by atomic mass is 32.2. The minimum Gasteiger partial charge on any atom is -0.196 e. The highest BCUT2D eigenvalue weighted by molar-refractivity contribution is 8.00. The van der Waals surface area contributed by atoms with Crippen molar-refractivity contribution < 1.29 is 0 Å². The average molecular weight is 450 g/mol.